The molecule has 0 radical (unpaired) electrons. The number of tetrazole rings is 1. The van der Waals surface area contributed by atoms with Gasteiger partial charge < -0.3 is 10.2 Å². The van der Waals surface area contributed by atoms with Crippen LogP contribution >= 0.6 is 11.6 Å². The second-order valence-corrected chi connectivity index (χ2v) is 6.84. The summed E-state index contributed by atoms with van der Waals surface area (Å²) in [5.74, 6) is -0.243. The highest BCUT2D eigenvalue weighted by molar-refractivity contribution is 6.34. The summed E-state index contributed by atoms with van der Waals surface area (Å²) in [7, 11) is 0. The average Bonchev–Trinajstić information content (AvgIpc) is 3.24. The Labute approximate surface area is 161 Å². The molecule has 1 N–H and O–H groups in total. The van der Waals surface area contributed by atoms with E-state index in [0.29, 0.717) is 10.6 Å². The second kappa shape index (κ2) is 7.75. The van der Waals surface area contributed by atoms with Gasteiger partial charge in [-0.15, -0.1) is 5.10 Å². The summed E-state index contributed by atoms with van der Waals surface area (Å²) < 4.78 is 1.56. The van der Waals surface area contributed by atoms with Crippen LogP contribution in [-0.2, 0) is 0 Å². The largest absolute Gasteiger partial charge is 0.370 e. The van der Waals surface area contributed by atoms with Gasteiger partial charge in [0, 0.05) is 13.1 Å². The molecule has 1 aliphatic heterocycles. The number of piperidine rings is 1. The molecule has 0 saturated carbocycles. The molecule has 1 amide bonds. The monoisotopic (exact) mass is 382 g/mol. The fourth-order valence-corrected chi connectivity index (χ4v) is 3.51. The molecule has 0 aliphatic carbocycles. The zero-order valence-corrected chi connectivity index (χ0v) is 15.4. The molecule has 1 saturated heterocycles. The van der Waals surface area contributed by atoms with Crippen molar-refractivity contribution in [1.82, 2.24) is 20.2 Å². The molecular weight excluding hydrogens is 364 g/mol. The highest BCUT2D eigenvalue weighted by Gasteiger charge is 2.18. The Morgan fingerprint density at radius 2 is 1.89 bits per heavy atom. The average molecular weight is 383 g/mol. The zero-order valence-electron chi connectivity index (χ0n) is 14.7. The number of hydrogen-bond acceptors (Lipinski definition) is 5. The Hall–Kier alpha value is -2.93. The number of anilines is 2. The van der Waals surface area contributed by atoms with Gasteiger partial charge in [-0.05, 0) is 60.0 Å². The van der Waals surface area contributed by atoms with E-state index in [1.54, 1.807) is 28.9 Å². The van der Waals surface area contributed by atoms with Crippen molar-refractivity contribution in [2.24, 2.45) is 0 Å². The SMILES string of the molecule is O=C(Nc1cc(-n2cnnn2)ccc1N1CCCCC1)c1ccccc1Cl. The topological polar surface area (TPSA) is 75.9 Å². The number of carbonyl (C=O) groups excluding carboxylic acids is 1. The van der Waals surface area contributed by atoms with Gasteiger partial charge in [-0.2, -0.15) is 0 Å². The zero-order chi connectivity index (χ0) is 18.6. The van der Waals surface area contributed by atoms with E-state index in [-0.39, 0.29) is 5.91 Å². The maximum Gasteiger partial charge on any atom is 0.257 e. The summed E-state index contributed by atoms with van der Waals surface area (Å²) in [4.78, 5) is 15.1. The Morgan fingerprint density at radius 1 is 1.07 bits per heavy atom. The lowest BCUT2D eigenvalue weighted by atomic mass is 10.1. The first-order valence-electron chi connectivity index (χ1n) is 8.90. The minimum absolute atomic E-state index is 0.243. The van der Waals surface area contributed by atoms with E-state index < -0.39 is 0 Å². The van der Waals surface area contributed by atoms with Crippen molar-refractivity contribution < 1.29 is 4.79 Å². The maximum atomic E-state index is 12.8. The van der Waals surface area contributed by atoms with Crippen LogP contribution in [0.25, 0.3) is 5.69 Å². The van der Waals surface area contributed by atoms with Crippen LogP contribution in [-0.4, -0.2) is 39.2 Å². The molecule has 0 bridgehead atoms. The maximum absolute atomic E-state index is 12.8. The minimum Gasteiger partial charge on any atom is -0.370 e. The third-order valence-corrected chi connectivity index (χ3v) is 4.99. The molecule has 7 nitrogen and oxygen atoms in total. The highest BCUT2D eigenvalue weighted by Crippen LogP contribution is 2.31. The number of nitrogens with zero attached hydrogens (tertiary/aromatic N) is 5. The Balaban J connectivity index is 1.70. The molecule has 0 unspecified atom stereocenters. The number of nitrogens with one attached hydrogen (secondary N) is 1. The smallest absolute Gasteiger partial charge is 0.257 e. The highest BCUT2D eigenvalue weighted by atomic mass is 35.5. The van der Waals surface area contributed by atoms with Gasteiger partial charge in [-0.3, -0.25) is 4.79 Å². The molecule has 1 aliphatic rings. The van der Waals surface area contributed by atoms with Crippen LogP contribution in [0.5, 0.6) is 0 Å². The number of rotatable bonds is 4. The van der Waals surface area contributed by atoms with Gasteiger partial charge in [-0.1, -0.05) is 23.7 Å². The molecule has 0 spiro atoms. The van der Waals surface area contributed by atoms with Gasteiger partial charge in [0.05, 0.1) is 27.6 Å². The molecule has 1 fully saturated rings. The summed E-state index contributed by atoms with van der Waals surface area (Å²) >= 11 is 6.18. The van der Waals surface area contributed by atoms with Crippen molar-refractivity contribution in [3.8, 4) is 5.69 Å². The van der Waals surface area contributed by atoms with E-state index in [1.807, 2.05) is 18.2 Å². The van der Waals surface area contributed by atoms with Gasteiger partial charge in [0.2, 0.25) is 0 Å². The van der Waals surface area contributed by atoms with E-state index in [0.717, 1.165) is 43.0 Å². The number of benzene rings is 2. The lowest BCUT2D eigenvalue weighted by molar-refractivity contribution is 0.102. The third kappa shape index (κ3) is 3.78. The van der Waals surface area contributed by atoms with Crippen LogP contribution in [0.15, 0.2) is 48.8 Å². The van der Waals surface area contributed by atoms with Crippen molar-refractivity contribution in [2.75, 3.05) is 23.3 Å². The van der Waals surface area contributed by atoms with Crippen molar-refractivity contribution in [3.63, 3.8) is 0 Å². The first-order chi connectivity index (χ1) is 13.2. The predicted octanol–water partition coefficient (Wildman–Crippen LogP) is 3.56. The summed E-state index contributed by atoms with van der Waals surface area (Å²) in [6, 6.07) is 12.9. The lowest BCUT2D eigenvalue weighted by Gasteiger charge is -2.30. The molecule has 2 heterocycles. The van der Waals surface area contributed by atoms with E-state index in [4.69, 9.17) is 11.6 Å². The quantitative estimate of drug-likeness (QED) is 0.746. The van der Waals surface area contributed by atoms with E-state index in [2.05, 4.69) is 25.7 Å². The molecule has 27 heavy (non-hydrogen) atoms. The van der Waals surface area contributed by atoms with Crippen LogP contribution in [0.2, 0.25) is 5.02 Å². The summed E-state index contributed by atoms with van der Waals surface area (Å²) in [5.41, 5.74) is 2.92. The van der Waals surface area contributed by atoms with Gasteiger partial charge >= 0.3 is 0 Å². The van der Waals surface area contributed by atoms with Crippen LogP contribution in [0.4, 0.5) is 11.4 Å². The number of hydrogen-bond donors (Lipinski definition) is 1. The number of amides is 1. The van der Waals surface area contributed by atoms with Gasteiger partial charge in [0.15, 0.2) is 0 Å². The molecule has 0 atom stereocenters. The molecular formula is C19H19ClN6O. The molecule has 1 aromatic heterocycles. The van der Waals surface area contributed by atoms with Crippen LogP contribution in [0.1, 0.15) is 29.6 Å². The lowest BCUT2D eigenvalue weighted by Crippen LogP contribution is -2.30. The van der Waals surface area contributed by atoms with Crippen molar-refractivity contribution in [3.05, 3.63) is 59.4 Å². The first-order valence-corrected chi connectivity index (χ1v) is 9.28. The van der Waals surface area contributed by atoms with Gasteiger partial charge in [-0.25, -0.2) is 4.68 Å². The Kier molecular flexibility index (Phi) is 5.02. The van der Waals surface area contributed by atoms with Gasteiger partial charge in [0.1, 0.15) is 6.33 Å². The molecule has 2 aromatic carbocycles. The fourth-order valence-electron chi connectivity index (χ4n) is 3.29. The fraction of sp³-hybridized carbons (Fsp3) is 0.263. The standard InChI is InChI=1S/C19H19ClN6O/c20-16-7-3-2-6-15(16)19(27)22-17-12-14(26-13-21-23-24-26)8-9-18(17)25-10-4-1-5-11-25/h2-3,6-9,12-13H,1,4-5,10-11H2,(H,22,27). The predicted molar refractivity (Wildman–Crippen MR) is 105 cm³/mol. The number of halogens is 1. The molecule has 8 heteroatoms. The first kappa shape index (κ1) is 17.5. The Bertz CT molecular complexity index is 937. The van der Waals surface area contributed by atoms with Crippen LogP contribution in [0.3, 0.4) is 0 Å². The van der Waals surface area contributed by atoms with Crippen molar-refractivity contribution >= 4 is 28.9 Å². The third-order valence-electron chi connectivity index (χ3n) is 4.66. The van der Waals surface area contributed by atoms with E-state index >= 15 is 0 Å². The molecule has 138 valence electrons. The van der Waals surface area contributed by atoms with E-state index in [9.17, 15) is 4.79 Å². The second-order valence-electron chi connectivity index (χ2n) is 6.44. The summed E-state index contributed by atoms with van der Waals surface area (Å²) in [6.07, 6.45) is 5.05. The minimum atomic E-state index is -0.243. The van der Waals surface area contributed by atoms with Crippen molar-refractivity contribution in [2.45, 2.75) is 19.3 Å². The van der Waals surface area contributed by atoms with Gasteiger partial charge in [0.25, 0.3) is 5.91 Å². The summed E-state index contributed by atoms with van der Waals surface area (Å²) in [5, 5.41) is 14.7. The normalized spacial score (nSPS) is 14.2. The Morgan fingerprint density at radius 3 is 2.63 bits per heavy atom. The summed E-state index contributed by atoms with van der Waals surface area (Å²) in [6.45, 7) is 1.94. The van der Waals surface area contributed by atoms with Crippen molar-refractivity contribution in [1.29, 1.82) is 0 Å². The molecule has 3 aromatic rings. The van der Waals surface area contributed by atoms with Crippen LogP contribution in [0, 0.1) is 0 Å². The van der Waals surface area contributed by atoms with Crippen LogP contribution < -0.4 is 10.2 Å². The van der Waals surface area contributed by atoms with E-state index in [1.165, 1.54) is 12.7 Å². The molecule has 4 rings (SSSR count). The number of carbonyl (C=O) groups is 1. The number of aromatic nitrogens is 4.